The van der Waals surface area contributed by atoms with Crippen LogP contribution in [0.25, 0.3) is 10.9 Å². The first-order valence-corrected chi connectivity index (χ1v) is 46.5. The van der Waals surface area contributed by atoms with E-state index in [1.54, 1.807) is 126 Å². The maximum Gasteiger partial charge on any atom is 0.293 e. The molecule has 0 saturated carbocycles. The molecule has 0 radical (unpaired) electrons. The first-order chi connectivity index (χ1) is 65.8. The number of morpholine rings is 1. The number of thioether (sulfide) groups is 1. The van der Waals surface area contributed by atoms with Crippen molar-refractivity contribution in [1.29, 1.82) is 0 Å². The number of aromatic nitrogens is 1. The highest BCUT2D eigenvalue weighted by atomic mass is 32.2. The van der Waals surface area contributed by atoms with Gasteiger partial charge in [-0.3, -0.25) is 76.7 Å². The van der Waals surface area contributed by atoms with Gasteiger partial charge in [-0.15, -0.1) is 11.8 Å². The van der Waals surface area contributed by atoms with E-state index in [-0.39, 0.29) is 81.4 Å². The fraction of sp³-hybridized carbons (Fsp3) is 0.443. The fourth-order valence-corrected chi connectivity index (χ4v) is 17.6. The van der Waals surface area contributed by atoms with Gasteiger partial charge in [0.15, 0.2) is 17.5 Å². The van der Waals surface area contributed by atoms with Gasteiger partial charge in [-0.2, -0.15) is 0 Å². The number of fused-ring (bicyclic) bond motifs is 3. The van der Waals surface area contributed by atoms with Crippen LogP contribution in [0.4, 0.5) is 17.6 Å². The zero-order chi connectivity index (χ0) is 100. The molecule has 10 rings (SSSR count). The molecule has 4 heterocycles. The first kappa shape index (κ1) is 106. The maximum absolute atomic E-state index is 16.1. The standard InChI is InChI=1S/C97H118F4N16O20S/c1-9-10-29-76-96(134)117-48-63(120)45-78(117)91(129)110-74(49-137-53-118)89(127)112-84(55(4)5)97(135)114(7)77(41-56-21-13-11-14-22-56)90(128)109-73(39-58-30-32-62(119)33-31-58)94(132)116-34-35-136-50-80(116)92(130)108-71(44-61-46-103-68-28-20-18-26-64(61)68)88(126)107-70(43-60-25-17-19-27-65(60)98)87(125)106-69(36-54(2)3)86(124)111-75(85(123)104-47-81(102)121)51-138-52-82(122)105-72(40-59-37-66(99)83(101)67(100)38-59)93(131)115(8)79(95(133)113(76)6)42-57-23-15-12-16-24-57/h11-28,30-33,37-38,46,53-55,63,69-80,84,103,119-120H,9-10,29,34-36,39-45,47-52H2,1-8H3,(H2,102,121)(H,104,123)(H,105,122)(H,106,125)(H,107,126)(H,108,130)(H,109,128)(H,110,129)(H,111,124)(H,112,127)/t63-,69+,70+,71+,72+,73+,74+,75+,76+,77+,78-,79+,80-,84+/m1/s1. The summed E-state index contributed by atoms with van der Waals surface area (Å²) in [5.41, 5.74) is 7.26. The number of H-pyrrole nitrogens is 1. The van der Waals surface area contributed by atoms with Crippen LogP contribution in [0, 0.1) is 35.1 Å². The van der Waals surface area contributed by atoms with Crippen LogP contribution < -0.4 is 53.6 Å². The topological polar surface area (TPSA) is 498 Å². The Morgan fingerprint density at radius 3 is 1.72 bits per heavy atom. The number of phenols is 1. The van der Waals surface area contributed by atoms with Gasteiger partial charge in [0.1, 0.15) is 96.7 Å². The molecule has 14 atom stereocenters. The monoisotopic (exact) mass is 1930 g/mol. The number of phenolic OH excluding ortho intramolecular Hbond substituents is 1. The summed E-state index contributed by atoms with van der Waals surface area (Å²) in [5.74, 6) is -24.2. The summed E-state index contributed by atoms with van der Waals surface area (Å²) in [4.78, 5) is 247. The van der Waals surface area contributed by atoms with Crippen LogP contribution >= 0.6 is 11.8 Å². The van der Waals surface area contributed by atoms with E-state index in [1.165, 1.54) is 63.6 Å². The molecule has 0 bridgehead atoms. The van der Waals surface area contributed by atoms with E-state index in [9.17, 15) is 38.6 Å². The zero-order valence-electron chi connectivity index (χ0n) is 77.7. The van der Waals surface area contributed by atoms with Gasteiger partial charge >= 0.3 is 0 Å². The quantitative estimate of drug-likeness (QED) is 0.0234. The summed E-state index contributed by atoms with van der Waals surface area (Å²) in [7, 11) is 3.68. The second kappa shape index (κ2) is 50.3. The van der Waals surface area contributed by atoms with Gasteiger partial charge < -0.3 is 103 Å². The Hall–Kier alpha value is -13.8. The number of carbonyl (C=O) groups excluding carboxylic acids is 16. The normalized spacial score (nSPS) is 23.8. The lowest BCUT2D eigenvalue weighted by molar-refractivity contribution is -0.152. The van der Waals surface area contributed by atoms with Crippen molar-refractivity contribution in [2.45, 2.75) is 190 Å². The van der Waals surface area contributed by atoms with Crippen LogP contribution in [0.2, 0.25) is 0 Å². The van der Waals surface area contributed by atoms with Crippen molar-refractivity contribution < 1.29 is 114 Å². The lowest BCUT2D eigenvalue weighted by Crippen LogP contribution is -2.64. The molecule has 3 aliphatic rings. The van der Waals surface area contributed by atoms with E-state index >= 15 is 65.9 Å². The predicted octanol–water partition coefficient (Wildman–Crippen LogP) is 2.15. The Bertz CT molecular complexity index is 5490. The minimum absolute atomic E-state index is 0.0267. The second-order valence-electron chi connectivity index (χ2n) is 35.2. The second-order valence-corrected chi connectivity index (χ2v) is 36.2. The Morgan fingerprint density at radius 2 is 1.09 bits per heavy atom. The molecule has 3 aliphatic heterocycles. The molecule has 6 aromatic carbocycles. The van der Waals surface area contributed by atoms with Crippen molar-refractivity contribution in [3.8, 4) is 5.75 Å². The molecule has 14 N–H and O–H groups in total. The van der Waals surface area contributed by atoms with E-state index in [1.807, 2.05) is 0 Å². The summed E-state index contributed by atoms with van der Waals surface area (Å²) in [6, 6.07) is 13.5. The third-order valence-corrected chi connectivity index (χ3v) is 25.3. The minimum Gasteiger partial charge on any atom is -0.508 e. The van der Waals surface area contributed by atoms with E-state index in [2.05, 4.69) is 52.8 Å². The number of carbonyl (C=O) groups is 16. The average Bonchev–Trinajstić information content (AvgIpc) is 1.65. The molecule has 15 amide bonds. The number of aromatic hydroxyl groups is 1. The number of amides is 15. The lowest BCUT2D eigenvalue weighted by atomic mass is 9.98. The predicted molar refractivity (Wildman–Crippen MR) is 497 cm³/mol. The van der Waals surface area contributed by atoms with E-state index in [0.29, 0.717) is 63.5 Å². The number of rotatable bonds is 24. The van der Waals surface area contributed by atoms with Crippen LogP contribution in [-0.2, 0) is 125 Å². The summed E-state index contributed by atoms with van der Waals surface area (Å²) in [6.45, 7) is 4.96. The Balaban J connectivity index is 1.07. The van der Waals surface area contributed by atoms with Crippen LogP contribution in [-0.4, -0.2) is 292 Å². The fourth-order valence-electron chi connectivity index (χ4n) is 16.7. The van der Waals surface area contributed by atoms with Crippen molar-refractivity contribution in [1.82, 2.24) is 77.3 Å². The SMILES string of the molecule is CCCC[C@H]1C(=O)N2C[C@H](O)C[C@@H]2C(=O)N[C@@H](COC=O)C(=O)N[C@@H](C(C)C)C(=O)N(C)[C@@H](Cc2ccccc2)C(=O)N[C@@H](Cc2ccc(O)cc2)C(=O)N2CCOC[C@@H]2C(=O)N[C@@H](Cc2c[nH]c3ccccc23)C(=O)N[C@@H](Cc2ccccc2F)C(=O)N[C@@H](CC(C)C)C(=O)N[C@H](C(=O)NCC(N)=O)CSCC(=O)N[C@@H](Cc2cc(F)c(F)c(F)c2)C(=O)N(C)[C@@H](Cc2ccccc2)C(=O)N1C. The number of benzene rings is 6. The summed E-state index contributed by atoms with van der Waals surface area (Å²) in [5, 5.41) is 46.0. The van der Waals surface area contributed by atoms with Crippen molar-refractivity contribution in [3.05, 3.63) is 208 Å². The highest BCUT2D eigenvalue weighted by Crippen LogP contribution is 2.29. The highest BCUT2D eigenvalue weighted by molar-refractivity contribution is 8.00. The molecule has 3 fully saturated rings. The Morgan fingerprint density at radius 1 is 0.551 bits per heavy atom. The Kier molecular flexibility index (Phi) is 38.7. The summed E-state index contributed by atoms with van der Waals surface area (Å²) in [6.07, 6.45) is -2.69. The van der Waals surface area contributed by atoms with Gasteiger partial charge in [0, 0.05) is 102 Å². The third-order valence-electron chi connectivity index (χ3n) is 24.2. The Labute approximate surface area is 798 Å². The lowest BCUT2D eigenvalue weighted by Gasteiger charge is -2.38. The van der Waals surface area contributed by atoms with Crippen molar-refractivity contribution in [2.24, 2.45) is 17.6 Å². The van der Waals surface area contributed by atoms with Gasteiger partial charge in [-0.1, -0.05) is 157 Å². The van der Waals surface area contributed by atoms with Crippen molar-refractivity contribution in [3.63, 3.8) is 0 Å². The minimum atomic E-state index is -1.91. The van der Waals surface area contributed by atoms with Crippen LogP contribution in [0.5, 0.6) is 5.75 Å². The summed E-state index contributed by atoms with van der Waals surface area (Å²) >= 11 is 0.645. The number of hydrogen-bond donors (Lipinski definition) is 13. The number of ether oxygens (including phenoxy) is 2. The number of aliphatic hydroxyl groups excluding tert-OH is 1. The number of hydrogen-bond acceptors (Lipinski definition) is 21. The molecule has 7 aromatic rings. The van der Waals surface area contributed by atoms with E-state index < -0.39 is 265 Å². The largest absolute Gasteiger partial charge is 0.508 e. The molecule has 138 heavy (non-hydrogen) atoms. The molecule has 3 saturated heterocycles. The zero-order valence-corrected chi connectivity index (χ0v) is 78.5. The third kappa shape index (κ3) is 28.9. The van der Waals surface area contributed by atoms with Gasteiger partial charge in [0.05, 0.1) is 31.6 Å². The molecular formula is C97H118F4N16O20S. The van der Waals surface area contributed by atoms with E-state index in [4.69, 9.17) is 15.2 Å². The molecule has 0 aliphatic carbocycles. The molecule has 1 aromatic heterocycles. The number of nitrogens with one attached hydrogen (secondary N) is 10. The number of aliphatic hydroxyl groups is 1. The molecule has 0 spiro atoms. The molecular weight excluding hydrogens is 1820 g/mol. The number of para-hydroxylation sites is 1. The number of aromatic amines is 1. The number of nitrogens with two attached hydrogens (primary N) is 1. The highest BCUT2D eigenvalue weighted by Gasteiger charge is 2.48. The van der Waals surface area contributed by atoms with Crippen LogP contribution in [0.3, 0.4) is 0 Å². The number of nitrogens with zero attached hydrogens (tertiary/aromatic N) is 5. The number of likely N-dealkylation sites (N-methyl/N-ethyl adjacent to an activating group) is 3. The van der Waals surface area contributed by atoms with Crippen molar-refractivity contribution >= 4 is 118 Å². The van der Waals surface area contributed by atoms with Gasteiger partial charge in [0.2, 0.25) is 88.6 Å². The number of unbranched alkanes of at least 4 members (excludes halogenated alkanes) is 1. The number of halogens is 4. The van der Waals surface area contributed by atoms with Gasteiger partial charge in [-0.05, 0) is 94.5 Å². The molecule has 41 heteroatoms. The molecule has 0 unspecified atom stereocenters. The average molecular weight is 1940 g/mol. The van der Waals surface area contributed by atoms with Gasteiger partial charge in [0.25, 0.3) is 6.47 Å². The van der Waals surface area contributed by atoms with Crippen molar-refractivity contribution in [2.75, 3.05) is 72.1 Å². The van der Waals surface area contributed by atoms with Crippen LogP contribution in [0.1, 0.15) is 100 Å². The van der Waals surface area contributed by atoms with Crippen LogP contribution in [0.15, 0.2) is 152 Å². The number of primary amides is 1. The molecule has 36 nitrogen and oxygen atoms in total. The first-order valence-electron chi connectivity index (χ1n) is 45.4. The summed E-state index contributed by atoms with van der Waals surface area (Å²) < 4.78 is 72.3. The maximum atomic E-state index is 16.1. The van der Waals surface area contributed by atoms with Gasteiger partial charge in [-0.25, -0.2) is 17.6 Å². The van der Waals surface area contributed by atoms with E-state index in [0.717, 1.165) is 30.6 Å². The molecule has 740 valence electrons. The smallest absolute Gasteiger partial charge is 0.293 e.